The van der Waals surface area contributed by atoms with Crippen LogP contribution in [0.4, 0.5) is 14.9 Å². The van der Waals surface area contributed by atoms with E-state index in [0.29, 0.717) is 6.42 Å². The number of carbonyl (C=O) groups is 2. The molecule has 0 radical (unpaired) electrons. The molecule has 0 saturated heterocycles. The fraction of sp³-hybridized carbons (Fsp3) is 0.385. The molecular weight excluding hydrogens is 287 g/mol. The van der Waals surface area contributed by atoms with Crippen molar-refractivity contribution in [1.82, 2.24) is 5.32 Å². The van der Waals surface area contributed by atoms with Crippen molar-refractivity contribution in [3.8, 4) is 0 Å². The monoisotopic (exact) mass is 302 g/mol. The van der Waals surface area contributed by atoms with Gasteiger partial charge in [-0.1, -0.05) is 31.0 Å². The second-order valence-corrected chi connectivity index (χ2v) is 4.69. The minimum absolute atomic E-state index is 0.0550. The van der Waals surface area contributed by atoms with Gasteiger partial charge in [0.2, 0.25) is 0 Å². The first-order valence-corrected chi connectivity index (χ1v) is 6.55. The summed E-state index contributed by atoms with van der Waals surface area (Å²) in [4.78, 5) is 22.4. The Labute approximate surface area is 121 Å². The zero-order valence-electron chi connectivity index (χ0n) is 11.0. The van der Waals surface area contributed by atoms with Crippen LogP contribution in [0.15, 0.2) is 18.2 Å². The SMILES string of the molecule is CCCC(CC(=O)O)NC(=O)Nc1cccc(Cl)c1F. The van der Waals surface area contributed by atoms with Gasteiger partial charge in [0.1, 0.15) is 0 Å². The average molecular weight is 303 g/mol. The van der Waals surface area contributed by atoms with Crippen LogP contribution in [0, 0.1) is 5.82 Å². The predicted molar refractivity (Wildman–Crippen MR) is 74.5 cm³/mol. The Bertz CT molecular complexity index is 497. The third-order valence-electron chi connectivity index (χ3n) is 2.59. The van der Waals surface area contributed by atoms with E-state index in [4.69, 9.17) is 16.7 Å². The summed E-state index contributed by atoms with van der Waals surface area (Å²) in [6.07, 6.45) is 1.07. The molecule has 0 saturated carbocycles. The highest BCUT2D eigenvalue weighted by molar-refractivity contribution is 6.31. The largest absolute Gasteiger partial charge is 0.481 e. The number of amides is 2. The van der Waals surface area contributed by atoms with Gasteiger partial charge in [-0.3, -0.25) is 4.79 Å². The maximum atomic E-state index is 13.6. The van der Waals surface area contributed by atoms with Crippen LogP contribution >= 0.6 is 11.6 Å². The van der Waals surface area contributed by atoms with E-state index in [1.54, 1.807) is 0 Å². The fourth-order valence-corrected chi connectivity index (χ4v) is 1.90. The fourth-order valence-electron chi connectivity index (χ4n) is 1.73. The molecule has 110 valence electrons. The second-order valence-electron chi connectivity index (χ2n) is 4.28. The standard InChI is InChI=1S/C13H16ClFN2O3/c1-2-4-8(7-11(18)19)16-13(20)17-10-6-3-5-9(14)12(10)15/h3,5-6,8H,2,4,7H2,1H3,(H,18,19)(H2,16,17,20). The molecule has 0 spiro atoms. The van der Waals surface area contributed by atoms with Crippen LogP contribution in [-0.4, -0.2) is 23.1 Å². The summed E-state index contributed by atoms with van der Waals surface area (Å²) in [5, 5.41) is 13.5. The second kappa shape index (κ2) is 7.69. The van der Waals surface area contributed by atoms with Gasteiger partial charge in [-0.25, -0.2) is 9.18 Å². The Hall–Kier alpha value is -1.82. The Morgan fingerprint density at radius 1 is 1.45 bits per heavy atom. The first-order valence-electron chi connectivity index (χ1n) is 6.17. The molecule has 7 heteroatoms. The lowest BCUT2D eigenvalue weighted by atomic mass is 10.1. The van der Waals surface area contributed by atoms with E-state index in [1.165, 1.54) is 18.2 Å². The summed E-state index contributed by atoms with van der Waals surface area (Å²) in [6, 6.07) is 3.07. The molecule has 1 unspecified atom stereocenters. The van der Waals surface area contributed by atoms with Crippen molar-refractivity contribution in [3.05, 3.63) is 29.0 Å². The zero-order valence-corrected chi connectivity index (χ0v) is 11.7. The molecule has 0 aromatic heterocycles. The highest BCUT2D eigenvalue weighted by atomic mass is 35.5. The minimum atomic E-state index is -1.00. The molecule has 2 amide bonds. The average Bonchev–Trinajstić information content (AvgIpc) is 2.34. The van der Waals surface area contributed by atoms with Gasteiger partial charge in [-0.15, -0.1) is 0 Å². The van der Waals surface area contributed by atoms with Gasteiger partial charge >= 0.3 is 12.0 Å². The van der Waals surface area contributed by atoms with Crippen LogP contribution in [-0.2, 0) is 4.79 Å². The van der Waals surface area contributed by atoms with Crippen molar-refractivity contribution in [3.63, 3.8) is 0 Å². The number of halogens is 2. The van der Waals surface area contributed by atoms with Crippen LogP contribution in [0.1, 0.15) is 26.2 Å². The first kappa shape index (κ1) is 16.2. The van der Waals surface area contributed by atoms with Gasteiger partial charge in [0.15, 0.2) is 5.82 Å². The highest BCUT2D eigenvalue weighted by Gasteiger charge is 2.16. The van der Waals surface area contributed by atoms with Crippen LogP contribution in [0.25, 0.3) is 0 Å². The van der Waals surface area contributed by atoms with Gasteiger partial charge in [-0.05, 0) is 18.6 Å². The maximum absolute atomic E-state index is 13.6. The molecule has 1 aromatic carbocycles. The van der Waals surface area contributed by atoms with E-state index in [1.807, 2.05) is 6.92 Å². The van der Waals surface area contributed by atoms with Crippen molar-refractivity contribution in [2.45, 2.75) is 32.2 Å². The third-order valence-corrected chi connectivity index (χ3v) is 2.89. The van der Waals surface area contributed by atoms with Crippen molar-refractivity contribution in [2.75, 3.05) is 5.32 Å². The topological polar surface area (TPSA) is 78.4 Å². The van der Waals surface area contributed by atoms with Gasteiger partial charge in [-0.2, -0.15) is 0 Å². The highest BCUT2D eigenvalue weighted by Crippen LogP contribution is 2.21. The molecule has 20 heavy (non-hydrogen) atoms. The molecule has 0 aliphatic rings. The summed E-state index contributed by atoms with van der Waals surface area (Å²) < 4.78 is 13.6. The number of aliphatic carboxylic acids is 1. The number of hydrogen-bond donors (Lipinski definition) is 3. The van der Waals surface area contributed by atoms with Gasteiger partial charge in [0.25, 0.3) is 0 Å². The number of urea groups is 1. The first-order chi connectivity index (χ1) is 9.43. The Morgan fingerprint density at radius 2 is 2.15 bits per heavy atom. The molecule has 5 nitrogen and oxygen atoms in total. The number of carboxylic acid groups (broad SMARTS) is 1. The number of rotatable bonds is 6. The quantitative estimate of drug-likeness (QED) is 0.755. The van der Waals surface area contributed by atoms with Crippen molar-refractivity contribution < 1.29 is 19.1 Å². The molecule has 0 fully saturated rings. The van der Waals surface area contributed by atoms with E-state index in [9.17, 15) is 14.0 Å². The molecule has 1 aromatic rings. The van der Waals surface area contributed by atoms with Crippen molar-refractivity contribution >= 4 is 29.3 Å². The van der Waals surface area contributed by atoms with E-state index < -0.39 is 23.9 Å². The lowest BCUT2D eigenvalue weighted by Crippen LogP contribution is -2.39. The summed E-state index contributed by atoms with van der Waals surface area (Å²) in [5.41, 5.74) is -0.0550. The maximum Gasteiger partial charge on any atom is 0.319 e. The van der Waals surface area contributed by atoms with Gasteiger partial charge in [0.05, 0.1) is 17.1 Å². The van der Waals surface area contributed by atoms with Gasteiger partial charge in [0, 0.05) is 6.04 Å². The van der Waals surface area contributed by atoms with E-state index in [-0.39, 0.29) is 17.1 Å². The number of benzene rings is 1. The van der Waals surface area contributed by atoms with Crippen LogP contribution in [0.2, 0.25) is 5.02 Å². The summed E-state index contributed by atoms with van der Waals surface area (Å²) in [5.74, 6) is -1.73. The molecule has 0 bridgehead atoms. The summed E-state index contributed by atoms with van der Waals surface area (Å²) >= 11 is 5.60. The van der Waals surface area contributed by atoms with Crippen molar-refractivity contribution in [1.29, 1.82) is 0 Å². The molecular formula is C13H16ClFN2O3. The molecule has 1 atom stereocenters. The van der Waals surface area contributed by atoms with E-state index in [0.717, 1.165) is 6.42 Å². The Kier molecular flexibility index (Phi) is 6.24. The lowest BCUT2D eigenvalue weighted by Gasteiger charge is -2.17. The number of anilines is 1. The Morgan fingerprint density at radius 3 is 2.75 bits per heavy atom. The third kappa shape index (κ3) is 5.05. The minimum Gasteiger partial charge on any atom is -0.481 e. The summed E-state index contributed by atoms with van der Waals surface area (Å²) in [6.45, 7) is 1.88. The number of carbonyl (C=O) groups excluding carboxylic acids is 1. The smallest absolute Gasteiger partial charge is 0.319 e. The molecule has 0 heterocycles. The number of hydrogen-bond acceptors (Lipinski definition) is 2. The molecule has 0 aliphatic carbocycles. The molecule has 0 aliphatic heterocycles. The number of nitrogens with one attached hydrogen (secondary N) is 2. The lowest BCUT2D eigenvalue weighted by molar-refractivity contribution is -0.137. The zero-order chi connectivity index (χ0) is 15.1. The molecule has 1 rings (SSSR count). The van der Waals surface area contributed by atoms with Crippen LogP contribution in [0.3, 0.4) is 0 Å². The number of carboxylic acids is 1. The normalized spacial score (nSPS) is 11.8. The molecule has 3 N–H and O–H groups in total. The van der Waals surface area contributed by atoms with E-state index in [2.05, 4.69) is 10.6 Å². The van der Waals surface area contributed by atoms with Crippen molar-refractivity contribution in [2.24, 2.45) is 0 Å². The van der Waals surface area contributed by atoms with Gasteiger partial charge < -0.3 is 15.7 Å². The summed E-state index contributed by atoms with van der Waals surface area (Å²) in [7, 11) is 0. The van der Waals surface area contributed by atoms with E-state index >= 15 is 0 Å². The van der Waals surface area contributed by atoms with Crippen LogP contribution < -0.4 is 10.6 Å². The van der Waals surface area contributed by atoms with Crippen LogP contribution in [0.5, 0.6) is 0 Å². The predicted octanol–water partition coefficient (Wildman–Crippen LogP) is 3.24. The Balaban J connectivity index is 2.65.